The van der Waals surface area contributed by atoms with E-state index in [1.54, 1.807) is 12.1 Å². The van der Waals surface area contributed by atoms with E-state index in [9.17, 15) is 9.90 Å². The summed E-state index contributed by atoms with van der Waals surface area (Å²) in [5, 5.41) is 12.6. The minimum Gasteiger partial charge on any atom is -0.506 e. The number of nitrogen functional groups attached to an aromatic ring is 1. The molecule has 0 spiro atoms. The molecule has 0 saturated carbocycles. The van der Waals surface area contributed by atoms with E-state index in [-0.39, 0.29) is 28.2 Å². The molecular formula is C26H38N2O3. The number of aromatic hydroxyl groups is 1. The van der Waals surface area contributed by atoms with Crippen LogP contribution in [-0.4, -0.2) is 17.1 Å². The Morgan fingerprint density at radius 3 is 2.23 bits per heavy atom. The normalized spacial score (nSPS) is 13.0. The van der Waals surface area contributed by atoms with Crippen LogP contribution in [0.3, 0.4) is 0 Å². The standard InChI is InChI=1S/C26H38N2O3/c1-8-22(24(30)28-18-12-13-20(27)21(29)16-18)31-23-14-11-17(25(4,5)9-2)15-19(23)26(6,7)10-3/h11-16,22,29H,8-10,27H2,1-7H3,(H,28,30). The molecule has 0 aliphatic heterocycles. The van der Waals surface area contributed by atoms with Gasteiger partial charge in [-0.05, 0) is 53.9 Å². The highest BCUT2D eigenvalue weighted by Gasteiger charge is 2.28. The Hall–Kier alpha value is -2.69. The van der Waals surface area contributed by atoms with Crippen molar-refractivity contribution < 1.29 is 14.6 Å². The molecule has 0 saturated heterocycles. The van der Waals surface area contributed by atoms with Crippen LogP contribution in [0.25, 0.3) is 0 Å². The maximum Gasteiger partial charge on any atom is 0.265 e. The summed E-state index contributed by atoms with van der Waals surface area (Å²) >= 11 is 0. The molecule has 170 valence electrons. The van der Waals surface area contributed by atoms with Crippen molar-refractivity contribution in [3.8, 4) is 11.5 Å². The Morgan fingerprint density at radius 2 is 1.68 bits per heavy atom. The van der Waals surface area contributed by atoms with E-state index in [2.05, 4.69) is 59.0 Å². The topological polar surface area (TPSA) is 84.6 Å². The fourth-order valence-electron chi connectivity index (χ4n) is 3.30. The molecule has 0 aromatic heterocycles. The molecule has 5 heteroatoms. The third-order valence-electron chi connectivity index (χ3n) is 6.49. The Balaban J connectivity index is 2.34. The largest absolute Gasteiger partial charge is 0.506 e. The van der Waals surface area contributed by atoms with Crippen molar-refractivity contribution in [1.82, 2.24) is 0 Å². The second kappa shape index (κ2) is 9.63. The number of phenols is 1. The van der Waals surface area contributed by atoms with Crippen LogP contribution in [0.1, 0.15) is 78.9 Å². The first-order valence-electron chi connectivity index (χ1n) is 11.2. The van der Waals surface area contributed by atoms with Crippen LogP contribution < -0.4 is 15.8 Å². The van der Waals surface area contributed by atoms with Gasteiger partial charge in [-0.2, -0.15) is 0 Å². The van der Waals surface area contributed by atoms with Crippen LogP contribution in [0.4, 0.5) is 11.4 Å². The van der Waals surface area contributed by atoms with Gasteiger partial charge in [-0.1, -0.05) is 60.6 Å². The lowest BCUT2D eigenvalue weighted by atomic mass is 9.76. The number of phenolic OH excluding ortho intramolecular Hbond substituents is 1. The molecule has 0 aliphatic carbocycles. The van der Waals surface area contributed by atoms with Gasteiger partial charge in [0.15, 0.2) is 6.10 Å². The maximum absolute atomic E-state index is 12.9. The fourth-order valence-corrected chi connectivity index (χ4v) is 3.30. The average Bonchev–Trinajstić information content (AvgIpc) is 2.74. The summed E-state index contributed by atoms with van der Waals surface area (Å²) in [5.74, 6) is 0.419. The van der Waals surface area contributed by atoms with E-state index in [1.807, 2.05) is 13.0 Å². The van der Waals surface area contributed by atoms with Gasteiger partial charge in [-0.15, -0.1) is 0 Å². The summed E-state index contributed by atoms with van der Waals surface area (Å²) in [6, 6.07) is 11.0. The summed E-state index contributed by atoms with van der Waals surface area (Å²) in [7, 11) is 0. The number of ether oxygens (including phenoxy) is 1. The zero-order valence-corrected chi connectivity index (χ0v) is 20.0. The van der Waals surface area contributed by atoms with Gasteiger partial charge in [0.2, 0.25) is 0 Å². The molecule has 31 heavy (non-hydrogen) atoms. The van der Waals surface area contributed by atoms with Crippen LogP contribution in [0.15, 0.2) is 36.4 Å². The van der Waals surface area contributed by atoms with Gasteiger partial charge in [0.05, 0.1) is 5.69 Å². The molecule has 0 radical (unpaired) electrons. The van der Waals surface area contributed by atoms with Crippen LogP contribution in [0.5, 0.6) is 11.5 Å². The second-order valence-electron chi connectivity index (χ2n) is 9.46. The van der Waals surface area contributed by atoms with Crippen molar-refractivity contribution in [1.29, 1.82) is 0 Å². The Bertz CT molecular complexity index is 919. The quantitative estimate of drug-likeness (QED) is 0.332. The molecule has 4 N–H and O–H groups in total. The predicted octanol–water partition coefficient (Wildman–Crippen LogP) is 6.15. The van der Waals surface area contributed by atoms with Gasteiger partial charge in [0, 0.05) is 17.3 Å². The minimum atomic E-state index is -0.656. The molecule has 1 atom stereocenters. The van der Waals surface area contributed by atoms with Crippen molar-refractivity contribution in [2.75, 3.05) is 11.1 Å². The molecule has 2 aromatic rings. The number of carbonyl (C=O) groups excluding carboxylic acids is 1. The number of anilines is 2. The average molecular weight is 427 g/mol. The van der Waals surface area contributed by atoms with E-state index >= 15 is 0 Å². The van der Waals surface area contributed by atoms with Crippen LogP contribution in [0, 0.1) is 0 Å². The summed E-state index contributed by atoms with van der Waals surface area (Å²) in [5.41, 5.74) is 8.75. The number of benzene rings is 2. The van der Waals surface area contributed by atoms with Gasteiger partial charge in [-0.3, -0.25) is 4.79 Å². The third kappa shape index (κ3) is 5.72. The van der Waals surface area contributed by atoms with E-state index in [4.69, 9.17) is 10.5 Å². The lowest BCUT2D eigenvalue weighted by molar-refractivity contribution is -0.122. The third-order valence-corrected chi connectivity index (χ3v) is 6.49. The fraction of sp³-hybridized carbons (Fsp3) is 0.500. The molecule has 1 unspecified atom stereocenters. The van der Waals surface area contributed by atoms with Crippen molar-refractivity contribution >= 4 is 17.3 Å². The number of rotatable bonds is 9. The smallest absolute Gasteiger partial charge is 0.265 e. The van der Waals surface area contributed by atoms with Crippen molar-refractivity contribution in [2.24, 2.45) is 0 Å². The van der Waals surface area contributed by atoms with E-state index in [0.717, 1.165) is 24.2 Å². The highest BCUT2D eigenvalue weighted by atomic mass is 16.5. The molecule has 0 fully saturated rings. The molecule has 0 aliphatic rings. The lowest BCUT2D eigenvalue weighted by Crippen LogP contribution is -2.33. The van der Waals surface area contributed by atoms with Crippen molar-refractivity contribution in [2.45, 2.75) is 84.7 Å². The zero-order chi connectivity index (χ0) is 23.4. The molecule has 2 aromatic carbocycles. The maximum atomic E-state index is 12.9. The summed E-state index contributed by atoms with van der Waals surface area (Å²) in [6.07, 6.45) is 1.85. The van der Waals surface area contributed by atoms with Crippen LogP contribution in [0.2, 0.25) is 0 Å². The Kier molecular flexibility index (Phi) is 7.63. The van der Waals surface area contributed by atoms with Crippen LogP contribution in [-0.2, 0) is 15.6 Å². The first-order valence-corrected chi connectivity index (χ1v) is 11.2. The molecule has 1 amide bonds. The zero-order valence-electron chi connectivity index (χ0n) is 20.0. The van der Waals surface area contributed by atoms with Crippen molar-refractivity contribution in [3.05, 3.63) is 47.5 Å². The first-order chi connectivity index (χ1) is 14.4. The number of carbonyl (C=O) groups is 1. The Labute approximate surface area is 187 Å². The van der Waals surface area contributed by atoms with E-state index < -0.39 is 6.10 Å². The van der Waals surface area contributed by atoms with Gasteiger partial charge < -0.3 is 20.9 Å². The number of nitrogens with two attached hydrogens (primary N) is 1. The van der Waals surface area contributed by atoms with Crippen molar-refractivity contribution in [3.63, 3.8) is 0 Å². The highest BCUT2D eigenvalue weighted by molar-refractivity contribution is 5.94. The van der Waals surface area contributed by atoms with Gasteiger partial charge in [0.1, 0.15) is 11.5 Å². The highest BCUT2D eigenvalue weighted by Crippen LogP contribution is 2.39. The van der Waals surface area contributed by atoms with E-state index in [0.29, 0.717) is 12.1 Å². The second-order valence-corrected chi connectivity index (χ2v) is 9.46. The lowest BCUT2D eigenvalue weighted by Gasteiger charge is -2.31. The SMILES string of the molecule is CCC(Oc1ccc(C(C)(C)CC)cc1C(C)(C)CC)C(=O)Nc1ccc(N)c(O)c1. The minimum absolute atomic E-state index is 0.0622. The summed E-state index contributed by atoms with van der Waals surface area (Å²) in [6.45, 7) is 15.2. The molecule has 5 nitrogen and oxygen atoms in total. The number of hydrogen-bond donors (Lipinski definition) is 3. The Morgan fingerprint density at radius 1 is 1.03 bits per heavy atom. The number of nitrogens with one attached hydrogen (secondary N) is 1. The molecule has 0 heterocycles. The van der Waals surface area contributed by atoms with E-state index in [1.165, 1.54) is 11.6 Å². The summed E-state index contributed by atoms with van der Waals surface area (Å²) < 4.78 is 6.27. The molecule has 2 rings (SSSR count). The number of hydrogen-bond acceptors (Lipinski definition) is 4. The first kappa shape index (κ1) is 24.6. The van der Waals surface area contributed by atoms with Gasteiger partial charge >= 0.3 is 0 Å². The van der Waals surface area contributed by atoms with Gasteiger partial charge in [-0.25, -0.2) is 0 Å². The van der Waals surface area contributed by atoms with Crippen LogP contribution >= 0.6 is 0 Å². The molecule has 0 bridgehead atoms. The predicted molar refractivity (Wildman–Crippen MR) is 129 cm³/mol. The monoisotopic (exact) mass is 426 g/mol. The number of amides is 1. The molecular weight excluding hydrogens is 388 g/mol. The van der Waals surface area contributed by atoms with Gasteiger partial charge in [0.25, 0.3) is 5.91 Å². The summed E-state index contributed by atoms with van der Waals surface area (Å²) in [4.78, 5) is 12.9.